The number of rotatable bonds is 5. The fraction of sp³-hybridized carbons (Fsp3) is 0.0612. The van der Waals surface area contributed by atoms with Gasteiger partial charge in [-0.3, -0.25) is 0 Å². The Labute approximate surface area is 298 Å². The van der Waals surface area contributed by atoms with E-state index in [0.717, 1.165) is 22.7 Å². The molecule has 1 aromatic heterocycles. The molecule has 2 heteroatoms. The van der Waals surface area contributed by atoms with Crippen LogP contribution in [0.15, 0.2) is 182 Å². The van der Waals surface area contributed by atoms with Crippen LogP contribution in [0.25, 0.3) is 60.5 Å². The number of nitrogens with zero attached hydrogens (tertiary/aromatic N) is 2. The highest BCUT2D eigenvalue weighted by Gasteiger charge is 2.36. The van der Waals surface area contributed by atoms with Crippen molar-refractivity contribution in [3.05, 3.63) is 193 Å². The van der Waals surface area contributed by atoms with Crippen LogP contribution in [0.3, 0.4) is 0 Å². The van der Waals surface area contributed by atoms with Gasteiger partial charge in [-0.05, 0) is 75.7 Å². The van der Waals surface area contributed by atoms with E-state index in [-0.39, 0.29) is 5.41 Å². The molecular weight excluding hydrogens is 617 g/mol. The van der Waals surface area contributed by atoms with E-state index in [4.69, 9.17) is 0 Å². The molecule has 10 rings (SSSR count). The molecular formula is C49H36N2. The summed E-state index contributed by atoms with van der Waals surface area (Å²) in [5, 5.41) is 4.90. The maximum atomic E-state index is 2.50. The zero-order valence-corrected chi connectivity index (χ0v) is 28.7. The van der Waals surface area contributed by atoms with Gasteiger partial charge >= 0.3 is 0 Å². The van der Waals surface area contributed by atoms with Crippen molar-refractivity contribution < 1.29 is 0 Å². The largest absolute Gasteiger partial charge is 0.310 e. The highest BCUT2D eigenvalue weighted by Crippen LogP contribution is 2.52. The molecule has 0 fully saturated rings. The van der Waals surface area contributed by atoms with Crippen molar-refractivity contribution in [1.29, 1.82) is 0 Å². The molecule has 0 radical (unpaired) electrons. The van der Waals surface area contributed by atoms with E-state index in [2.05, 4.69) is 205 Å². The van der Waals surface area contributed by atoms with Gasteiger partial charge in [0.05, 0.1) is 16.7 Å². The molecule has 0 bridgehead atoms. The van der Waals surface area contributed by atoms with E-state index in [1.54, 1.807) is 0 Å². The van der Waals surface area contributed by atoms with Crippen molar-refractivity contribution in [2.75, 3.05) is 4.90 Å². The lowest BCUT2D eigenvalue weighted by Crippen LogP contribution is -2.16. The van der Waals surface area contributed by atoms with Gasteiger partial charge in [0, 0.05) is 44.2 Å². The van der Waals surface area contributed by atoms with Crippen LogP contribution >= 0.6 is 0 Å². The van der Waals surface area contributed by atoms with Gasteiger partial charge in [0.15, 0.2) is 0 Å². The highest BCUT2D eigenvalue weighted by molar-refractivity contribution is 6.26. The molecule has 51 heavy (non-hydrogen) atoms. The summed E-state index contributed by atoms with van der Waals surface area (Å²) in [7, 11) is 0. The third kappa shape index (κ3) is 4.43. The van der Waals surface area contributed by atoms with Gasteiger partial charge in [-0.25, -0.2) is 0 Å². The van der Waals surface area contributed by atoms with Crippen molar-refractivity contribution in [3.8, 4) is 27.9 Å². The number of hydrogen-bond acceptors (Lipinski definition) is 1. The standard InChI is InChI=1S/C49H36N2/c1-49(2)43-28-15-14-25-40(43)41-30-29-37(32-44(41)49)50(35-20-8-4-9-21-35)45-31-34-19-12-13-24-39(34)48-46(45)42-27-16-26-38(33-17-6-3-7-18-33)47(42)51(48)36-22-10-5-11-23-36/h3-32H,1-2H3. The Morgan fingerprint density at radius 2 is 1.08 bits per heavy atom. The fourth-order valence-corrected chi connectivity index (χ4v) is 8.61. The Kier molecular flexibility index (Phi) is 6.56. The van der Waals surface area contributed by atoms with E-state index >= 15 is 0 Å². The Morgan fingerprint density at radius 1 is 0.451 bits per heavy atom. The molecule has 0 unspecified atom stereocenters. The van der Waals surface area contributed by atoms with Crippen LogP contribution in [0.2, 0.25) is 0 Å². The van der Waals surface area contributed by atoms with Gasteiger partial charge in [0.2, 0.25) is 0 Å². The van der Waals surface area contributed by atoms with Gasteiger partial charge in [-0.2, -0.15) is 0 Å². The van der Waals surface area contributed by atoms with E-state index in [1.165, 1.54) is 66.0 Å². The molecule has 0 saturated carbocycles. The summed E-state index contributed by atoms with van der Waals surface area (Å²) in [6, 6.07) is 66.6. The first-order valence-electron chi connectivity index (χ1n) is 17.8. The van der Waals surface area contributed by atoms with Crippen LogP contribution in [0.5, 0.6) is 0 Å². The predicted molar refractivity (Wildman–Crippen MR) is 216 cm³/mol. The summed E-state index contributed by atoms with van der Waals surface area (Å²) in [4.78, 5) is 2.48. The maximum absolute atomic E-state index is 2.50. The summed E-state index contributed by atoms with van der Waals surface area (Å²) < 4.78 is 2.50. The monoisotopic (exact) mass is 652 g/mol. The van der Waals surface area contributed by atoms with Gasteiger partial charge in [0.1, 0.15) is 0 Å². The third-order valence-electron chi connectivity index (χ3n) is 10.9. The Morgan fingerprint density at radius 3 is 1.88 bits per heavy atom. The number of hydrogen-bond donors (Lipinski definition) is 0. The predicted octanol–water partition coefficient (Wildman–Crippen LogP) is 13.4. The fourth-order valence-electron chi connectivity index (χ4n) is 8.61. The SMILES string of the molecule is CC1(C)c2ccccc2-c2ccc(N(c3ccccc3)c3cc4ccccc4c4c3c3cccc(-c5ccccc5)c3n4-c3ccccc3)cc21. The summed E-state index contributed by atoms with van der Waals surface area (Å²) in [6.07, 6.45) is 0. The lowest BCUT2D eigenvalue weighted by molar-refractivity contribution is 0.660. The lowest BCUT2D eigenvalue weighted by atomic mass is 9.82. The first kappa shape index (κ1) is 29.5. The number of aromatic nitrogens is 1. The Bertz CT molecular complexity index is 2760. The van der Waals surface area contributed by atoms with Crippen LogP contribution in [0, 0.1) is 0 Å². The van der Waals surface area contributed by atoms with E-state index in [1.807, 2.05) is 0 Å². The summed E-state index contributed by atoms with van der Waals surface area (Å²) in [5.74, 6) is 0. The molecule has 2 nitrogen and oxygen atoms in total. The van der Waals surface area contributed by atoms with Crippen LogP contribution in [0.4, 0.5) is 17.1 Å². The van der Waals surface area contributed by atoms with E-state index < -0.39 is 0 Å². The first-order chi connectivity index (χ1) is 25.1. The molecule has 0 saturated heterocycles. The molecule has 1 aliphatic carbocycles. The average molecular weight is 653 g/mol. The van der Waals surface area contributed by atoms with Crippen LogP contribution < -0.4 is 4.90 Å². The van der Waals surface area contributed by atoms with Gasteiger partial charge in [-0.15, -0.1) is 0 Å². The normalized spacial score (nSPS) is 13.1. The number of para-hydroxylation sites is 3. The maximum Gasteiger partial charge on any atom is 0.0640 e. The van der Waals surface area contributed by atoms with E-state index in [9.17, 15) is 0 Å². The first-order valence-corrected chi connectivity index (χ1v) is 17.8. The quantitative estimate of drug-likeness (QED) is 0.180. The lowest BCUT2D eigenvalue weighted by Gasteiger charge is -2.29. The van der Waals surface area contributed by atoms with Crippen molar-refractivity contribution in [1.82, 2.24) is 4.57 Å². The second kappa shape index (κ2) is 11.3. The minimum absolute atomic E-state index is 0.114. The Balaban J connectivity index is 1.36. The molecule has 8 aromatic carbocycles. The summed E-state index contributed by atoms with van der Waals surface area (Å²) >= 11 is 0. The average Bonchev–Trinajstić information content (AvgIpc) is 3.66. The molecule has 0 atom stereocenters. The van der Waals surface area contributed by atoms with Crippen molar-refractivity contribution in [2.24, 2.45) is 0 Å². The van der Waals surface area contributed by atoms with E-state index in [0.29, 0.717) is 0 Å². The summed E-state index contributed by atoms with van der Waals surface area (Å²) in [6.45, 7) is 4.72. The molecule has 0 aliphatic heterocycles. The molecule has 1 aliphatic rings. The minimum Gasteiger partial charge on any atom is -0.310 e. The summed E-state index contributed by atoms with van der Waals surface area (Å²) in [5.41, 5.74) is 14.7. The number of anilines is 3. The molecule has 0 amide bonds. The minimum atomic E-state index is -0.114. The van der Waals surface area contributed by atoms with Gasteiger partial charge < -0.3 is 9.47 Å². The molecule has 0 spiro atoms. The molecule has 242 valence electrons. The van der Waals surface area contributed by atoms with Crippen molar-refractivity contribution in [2.45, 2.75) is 19.3 Å². The van der Waals surface area contributed by atoms with Crippen molar-refractivity contribution >= 4 is 49.6 Å². The number of benzene rings is 8. The number of fused-ring (bicyclic) bond motifs is 8. The van der Waals surface area contributed by atoms with Crippen molar-refractivity contribution in [3.63, 3.8) is 0 Å². The zero-order valence-electron chi connectivity index (χ0n) is 28.7. The van der Waals surface area contributed by atoms with Crippen LogP contribution in [-0.4, -0.2) is 4.57 Å². The third-order valence-corrected chi connectivity index (χ3v) is 10.9. The molecule has 0 N–H and O–H groups in total. The highest BCUT2D eigenvalue weighted by atomic mass is 15.1. The van der Waals surface area contributed by atoms with Gasteiger partial charge in [-0.1, -0.05) is 153 Å². The smallest absolute Gasteiger partial charge is 0.0640 e. The zero-order chi connectivity index (χ0) is 34.1. The van der Waals surface area contributed by atoms with Crippen LogP contribution in [0.1, 0.15) is 25.0 Å². The van der Waals surface area contributed by atoms with Crippen LogP contribution in [-0.2, 0) is 5.41 Å². The molecule has 1 heterocycles. The Hall–Kier alpha value is -6.38. The van der Waals surface area contributed by atoms with Gasteiger partial charge in [0.25, 0.3) is 0 Å². The second-order valence-corrected chi connectivity index (χ2v) is 14.2. The molecule has 9 aromatic rings. The second-order valence-electron chi connectivity index (χ2n) is 14.2. The topological polar surface area (TPSA) is 8.17 Å².